The number of rotatable bonds is 4. The number of aliphatic carboxylic acids is 1. The molecule has 0 aliphatic carbocycles. The number of para-hydroxylation sites is 1. The van der Waals surface area contributed by atoms with Gasteiger partial charge in [-0.2, -0.15) is 0 Å². The van der Waals surface area contributed by atoms with E-state index in [2.05, 4.69) is 9.97 Å². The van der Waals surface area contributed by atoms with E-state index >= 15 is 0 Å². The van der Waals surface area contributed by atoms with Crippen molar-refractivity contribution in [1.82, 2.24) is 14.9 Å². The van der Waals surface area contributed by atoms with Crippen LogP contribution in [0.1, 0.15) is 5.82 Å². The average Bonchev–Trinajstić information content (AvgIpc) is 2.27. The second-order valence-electron chi connectivity index (χ2n) is 4.10. The molecule has 1 heterocycles. The summed E-state index contributed by atoms with van der Waals surface area (Å²) in [5.41, 5.74) is 0.402. The average molecular weight is 247 g/mol. The summed E-state index contributed by atoms with van der Waals surface area (Å²) in [6, 6.07) is 7.03. The molecule has 0 bridgehead atoms. The van der Waals surface area contributed by atoms with Gasteiger partial charge in [0.25, 0.3) is 5.56 Å². The van der Waals surface area contributed by atoms with Gasteiger partial charge in [0.05, 0.1) is 24.0 Å². The maximum absolute atomic E-state index is 11.8. The van der Waals surface area contributed by atoms with Crippen molar-refractivity contribution in [3.8, 4) is 0 Å². The number of carboxylic acid groups (broad SMARTS) is 1. The Bertz CT molecular complexity index is 636. The monoisotopic (exact) mass is 247 g/mol. The molecule has 2 N–H and O–H groups in total. The highest BCUT2D eigenvalue weighted by Crippen LogP contribution is 2.06. The molecule has 2 rings (SSSR count). The SMILES string of the molecule is CN(CC(=O)O)Cc1nc2ccccc2c(=O)[nH]1. The van der Waals surface area contributed by atoms with Gasteiger partial charge in [-0.3, -0.25) is 14.5 Å². The van der Waals surface area contributed by atoms with E-state index in [1.165, 1.54) is 0 Å². The van der Waals surface area contributed by atoms with Gasteiger partial charge in [-0.25, -0.2) is 4.98 Å². The molecule has 1 aromatic carbocycles. The summed E-state index contributed by atoms with van der Waals surface area (Å²) in [4.78, 5) is 30.8. The minimum atomic E-state index is -0.916. The van der Waals surface area contributed by atoms with Crippen molar-refractivity contribution in [2.75, 3.05) is 13.6 Å². The first-order valence-electron chi connectivity index (χ1n) is 5.44. The van der Waals surface area contributed by atoms with E-state index in [4.69, 9.17) is 5.11 Å². The highest BCUT2D eigenvalue weighted by atomic mass is 16.4. The maximum Gasteiger partial charge on any atom is 0.317 e. The van der Waals surface area contributed by atoms with Crippen LogP contribution in [0.2, 0.25) is 0 Å². The molecule has 0 aliphatic heterocycles. The van der Waals surface area contributed by atoms with Crippen LogP contribution in [0.5, 0.6) is 0 Å². The van der Waals surface area contributed by atoms with E-state index in [1.54, 1.807) is 36.2 Å². The molecule has 0 aliphatic rings. The summed E-state index contributed by atoms with van der Waals surface area (Å²) in [5.74, 6) is -0.455. The first-order chi connectivity index (χ1) is 8.56. The van der Waals surface area contributed by atoms with Crippen LogP contribution in [0.25, 0.3) is 10.9 Å². The first kappa shape index (κ1) is 12.3. The molecule has 0 amide bonds. The van der Waals surface area contributed by atoms with Crippen LogP contribution in [-0.2, 0) is 11.3 Å². The van der Waals surface area contributed by atoms with Crippen LogP contribution in [0.4, 0.5) is 0 Å². The number of fused-ring (bicyclic) bond motifs is 1. The van der Waals surface area contributed by atoms with Crippen LogP contribution < -0.4 is 5.56 Å². The van der Waals surface area contributed by atoms with Crippen molar-refractivity contribution in [3.05, 3.63) is 40.4 Å². The number of nitrogens with one attached hydrogen (secondary N) is 1. The lowest BCUT2D eigenvalue weighted by Gasteiger charge is -2.13. The lowest BCUT2D eigenvalue weighted by Crippen LogP contribution is -2.27. The number of hydrogen-bond donors (Lipinski definition) is 2. The number of benzene rings is 1. The van der Waals surface area contributed by atoms with Crippen molar-refractivity contribution in [2.24, 2.45) is 0 Å². The number of aromatic amines is 1. The zero-order valence-electron chi connectivity index (χ0n) is 9.88. The van der Waals surface area contributed by atoms with Gasteiger partial charge >= 0.3 is 5.97 Å². The molecule has 0 radical (unpaired) electrons. The van der Waals surface area contributed by atoms with Crippen LogP contribution in [0.15, 0.2) is 29.1 Å². The number of likely N-dealkylation sites (N-methyl/N-ethyl adjacent to an activating group) is 1. The van der Waals surface area contributed by atoms with Gasteiger partial charge in [-0.05, 0) is 19.2 Å². The molecule has 1 aromatic heterocycles. The zero-order valence-corrected chi connectivity index (χ0v) is 9.88. The third-order valence-electron chi connectivity index (χ3n) is 2.49. The molecule has 0 fully saturated rings. The van der Waals surface area contributed by atoms with Gasteiger partial charge in [-0.15, -0.1) is 0 Å². The number of hydrogen-bond acceptors (Lipinski definition) is 4. The summed E-state index contributed by atoms with van der Waals surface area (Å²) >= 11 is 0. The normalized spacial score (nSPS) is 11.0. The molecule has 0 unspecified atom stereocenters. The predicted molar refractivity (Wildman–Crippen MR) is 66.3 cm³/mol. The van der Waals surface area contributed by atoms with Gasteiger partial charge in [0, 0.05) is 0 Å². The van der Waals surface area contributed by atoms with Crippen molar-refractivity contribution < 1.29 is 9.90 Å². The van der Waals surface area contributed by atoms with Crippen molar-refractivity contribution in [3.63, 3.8) is 0 Å². The maximum atomic E-state index is 11.8. The van der Waals surface area contributed by atoms with E-state index in [-0.39, 0.29) is 18.6 Å². The minimum Gasteiger partial charge on any atom is -0.480 e. The fourth-order valence-corrected chi connectivity index (χ4v) is 1.75. The van der Waals surface area contributed by atoms with Crippen LogP contribution in [-0.4, -0.2) is 39.5 Å². The van der Waals surface area contributed by atoms with E-state index in [9.17, 15) is 9.59 Å². The van der Waals surface area contributed by atoms with Crippen molar-refractivity contribution >= 4 is 16.9 Å². The first-order valence-corrected chi connectivity index (χ1v) is 5.44. The van der Waals surface area contributed by atoms with Crippen molar-refractivity contribution in [1.29, 1.82) is 0 Å². The number of carbonyl (C=O) groups is 1. The summed E-state index contributed by atoms with van der Waals surface area (Å²) in [7, 11) is 1.66. The van der Waals surface area contributed by atoms with E-state index in [0.29, 0.717) is 16.7 Å². The molecule has 0 saturated heterocycles. The Labute approximate surface area is 103 Å². The fourth-order valence-electron chi connectivity index (χ4n) is 1.75. The van der Waals surface area contributed by atoms with Crippen LogP contribution in [0, 0.1) is 0 Å². The number of carboxylic acids is 1. The van der Waals surface area contributed by atoms with Gasteiger partial charge in [-0.1, -0.05) is 12.1 Å². The summed E-state index contributed by atoms with van der Waals surface area (Å²) in [6.07, 6.45) is 0. The summed E-state index contributed by atoms with van der Waals surface area (Å²) in [5, 5.41) is 9.18. The summed E-state index contributed by atoms with van der Waals surface area (Å²) in [6.45, 7) is 0.183. The Morgan fingerprint density at radius 1 is 1.44 bits per heavy atom. The molecule has 0 saturated carbocycles. The molecule has 0 atom stereocenters. The predicted octanol–water partition coefficient (Wildman–Crippen LogP) is 0.439. The number of H-pyrrole nitrogens is 1. The number of aromatic nitrogens is 2. The Morgan fingerprint density at radius 2 is 2.17 bits per heavy atom. The van der Waals surface area contributed by atoms with Gasteiger partial charge in [0.2, 0.25) is 0 Å². The lowest BCUT2D eigenvalue weighted by molar-refractivity contribution is -0.138. The molecular weight excluding hydrogens is 234 g/mol. The Balaban J connectivity index is 2.30. The van der Waals surface area contributed by atoms with Crippen molar-refractivity contribution in [2.45, 2.75) is 6.54 Å². The van der Waals surface area contributed by atoms with E-state index in [1.807, 2.05) is 0 Å². The third-order valence-corrected chi connectivity index (χ3v) is 2.49. The minimum absolute atomic E-state index is 0.101. The topological polar surface area (TPSA) is 86.3 Å². The van der Waals surface area contributed by atoms with Crippen LogP contribution in [0.3, 0.4) is 0 Å². The Kier molecular flexibility index (Phi) is 3.38. The van der Waals surface area contributed by atoms with Gasteiger partial charge < -0.3 is 10.1 Å². The van der Waals surface area contributed by atoms with E-state index in [0.717, 1.165) is 0 Å². The number of nitrogens with zero attached hydrogens (tertiary/aromatic N) is 2. The second-order valence-corrected chi connectivity index (χ2v) is 4.10. The Hall–Kier alpha value is -2.21. The quantitative estimate of drug-likeness (QED) is 0.818. The molecule has 18 heavy (non-hydrogen) atoms. The largest absolute Gasteiger partial charge is 0.480 e. The highest BCUT2D eigenvalue weighted by Gasteiger charge is 2.08. The second kappa shape index (κ2) is 4.97. The Morgan fingerprint density at radius 3 is 2.89 bits per heavy atom. The standard InChI is InChI=1S/C12H13N3O3/c1-15(7-11(16)17)6-10-13-9-5-3-2-4-8(9)12(18)14-10/h2-5H,6-7H2,1H3,(H,16,17)(H,13,14,18). The molecule has 2 aromatic rings. The molecule has 6 nitrogen and oxygen atoms in total. The van der Waals surface area contributed by atoms with Gasteiger partial charge in [0.15, 0.2) is 0 Å². The third kappa shape index (κ3) is 2.72. The molecule has 6 heteroatoms. The molecule has 94 valence electrons. The smallest absolute Gasteiger partial charge is 0.317 e. The summed E-state index contributed by atoms with van der Waals surface area (Å²) < 4.78 is 0. The molecule has 0 spiro atoms. The zero-order chi connectivity index (χ0) is 13.1. The van der Waals surface area contributed by atoms with Crippen LogP contribution >= 0.6 is 0 Å². The highest BCUT2D eigenvalue weighted by molar-refractivity contribution is 5.77. The fraction of sp³-hybridized carbons (Fsp3) is 0.250. The lowest BCUT2D eigenvalue weighted by atomic mass is 10.2. The van der Waals surface area contributed by atoms with E-state index < -0.39 is 5.97 Å². The molecular formula is C12H13N3O3. The van der Waals surface area contributed by atoms with Gasteiger partial charge in [0.1, 0.15) is 5.82 Å².